The summed E-state index contributed by atoms with van der Waals surface area (Å²) in [6.07, 6.45) is 2.68. The lowest BCUT2D eigenvalue weighted by atomic mass is 9.97. The van der Waals surface area contributed by atoms with E-state index in [2.05, 4.69) is 5.10 Å². The molecule has 1 heterocycles. The molecular weight excluding hydrogens is 429 g/mol. The van der Waals surface area contributed by atoms with Gasteiger partial charge in [-0.05, 0) is 53.1 Å². The van der Waals surface area contributed by atoms with Crippen molar-refractivity contribution in [3.05, 3.63) is 101 Å². The maximum absolute atomic E-state index is 13.6. The third-order valence-corrected chi connectivity index (χ3v) is 6.22. The first-order valence-corrected chi connectivity index (χ1v) is 11.7. The van der Waals surface area contributed by atoms with E-state index in [0.29, 0.717) is 34.5 Å². The van der Waals surface area contributed by atoms with E-state index in [1.807, 2.05) is 6.07 Å². The number of sulfone groups is 1. The van der Waals surface area contributed by atoms with Crippen molar-refractivity contribution >= 4 is 9.84 Å². The Morgan fingerprint density at radius 1 is 0.969 bits per heavy atom. The predicted octanol–water partition coefficient (Wildman–Crippen LogP) is 3.57. The summed E-state index contributed by atoms with van der Waals surface area (Å²) >= 11 is 0. The number of nitrogens with zero attached hydrogens (tertiary/aromatic N) is 2. The molecule has 0 aliphatic rings. The highest BCUT2D eigenvalue weighted by molar-refractivity contribution is 7.90. The van der Waals surface area contributed by atoms with Crippen LogP contribution in [-0.2, 0) is 16.4 Å². The molecular formula is C24H20FN3O3S. The monoisotopic (exact) mass is 449 g/mol. The fraction of sp³-hybridized carbons (Fsp3) is 0.0833. The molecule has 4 rings (SSSR count). The van der Waals surface area contributed by atoms with E-state index in [1.54, 1.807) is 36.5 Å². The van der Waals surface area contributed by atoms with Gasteiger partial charge in [-0.25, -0.2) is 12.8 Å². The number of rotatable bonds is 5. The molecule has 1 aromatic heterocycles. The van der Waals surface area contributed by atoms with Crippen LogP contribution in [0.25, 0.3) is 27.9 Å². The second-order valence-corrected chi connectivity index (χ2v) is 9.34. The van der Waals surface area contributed by atoms with Gasteiger partial charge in [0.05, 0.1) is 22.3 Å². The Morgan fingerprint density at radius 2 is 1.62 bits per heavy atom. The van der Waals surface area contributed by atoms with Gasteiger partial charge in [-0.2, -0.15) is 9.78 Å². The van der Waals surface area contributed by atoms with Crippen LogP contribution in [0.3, 0.4) is 0 Å². The molecule has 0 aliphatic heterocycles. The molecule has 6 nitrogen and oxygen atoms in total. The van der Waals surface area contributed by atoms with Crippen LogP contribution >= 0.6 is 0 Å². The van der Waals surface area contributed by atoms with Gasteiger partial charge < -0.3 is 5.73 Å². The Bertz CT molecular complexity index is 1450. The maximum Gasteiger partial charge on any atom is 0.279 e. The molecule has 0 fully saturated rings. The fourth-order valence-corrected chi connectivity index (χ4v) is 4.08. The minimum Gasteiger partial charge on any atom is -0.326 e. The highest BCUT2D eigenvalue weighted by Crippen LogP contribution is 2.30. The molecule has 3 aromatic carbocycles. The summed E-state index contributed by atoms with van der Waals surface area (Å²) in [6.45, 7) is 0.318. The third-order valence-electron chi connectivity index (χ3n) is 5.10. The predicted molar refractivity (Wildman–Crippen MR) is 122 cm³/mol. The molecule has 4 aromatic rings. The molecule has 0 saturated heterocycles. The second-order valence-electron chi connectivity index (χ2n) is 7.33. The first kappa shape index (κ1) is 21.6. The van der Waals surface area contributed by atoms with E-state index in [-0.39, 0.29) is 4.90 Å². The highest BCUT2D eigenvalue weighted by Gasteiger charge is 2.17. The lowest BCUT2D eigenvalue weighted by Crippen LogP contribution is -2.23. The van der Waals surface area contributed by atoms with Gasteiger partial charge in [0, 0.05) is 18.4 Å². The van der Waals surface area contributed by atoms with E-state index < -0.39 is 21.2 Å². The molecule has 32 heavy (non-hydrogen) atoms. The van der Waals surface area contributed by atoms with Crippen molar-refractivity contribution in [2.24, 2.45) is 5.73 Å². The highest BCUT2D eigenvalue weighted by atomic mass is 32.2. The average Bonchev–Trinajstić information content (AvgIpc) is 2.79. The topological polar surface area (TPSA) is 95.1 Å². The summed E-state index contributed by atoms with van der Waals surface area (Å²) < 4.78 is 38.4. The number of hydrogen-bond donors (Lipinski definition) is 1. The fourth-order valence-electron chi connectivity index (χ4n) is 3.45. The van der Waals surface area contributed by atoms with Gasteiger partial charge in [-0.1, -0.05) is 36.4 Å². The Labute approximate surface area is 184 Å². The molecule has 8 heteroatoms. The van der Waals surface area contributed by atoms with Crippen LogP contribution in [0.15, 0.2) is 88.7 Å². The minimum absolute atomic E-state index is 0.171. The molecule has 0 atom stereocenters. The normalized spacial score (nSPS) is 11.5. The zero-order valence-corrected chi connectivity index (χ0v) is 18.0. The van der Waals surface area contributed by atoms with E-state index in [4.69, 9.17) is 5.73 Å². The van der Waals surface area contributed by atoms with E-state index >= 15 is 0 Å². The van der Waals surface area contributed by atoms with Gasteiger partial charge in [0.2, 0.25) is 0 Å². The molecule has 0 unspecified atom stereocenters. The second kappa shape index (κ2) is 8.49. The largest absolute Gasteiger partial charge is 0.326 e. The van der Waals surface area contributed by atoms with Crippen molar-refractivity contribution in [3.8, 4) is 27.9 Å². The van der Waals surface area contributed by atoms with Crippen LogP contribution < -0.4 is 11.3 Å². The molecule has 0 saturated carbocycles. The van der Waals surface area contributed by atoms with Crippen molar-refractivity contribution < 1.29 is 12.8 Å². The Hall–Kier alpha value is -3.62. The zero-order chi connectivity index (χ0) is 22.9. The number of benzene rings is 3. The van der Waals surface area contributed by atoms with Crippen molar-refractivity contribution in [3.63, 3.8) is 0 Å². The molecule has 0 aliphatic carbocycles. The Balaban J connectivity index is 1.95. The number of halogens is 1. The van der Waals surface area contributed by atoms with E-state index in [1.165, 1.54) is 41.1 Å². The maximum atomic E-state index is 13.6. The third kappa shape index (κ3) is 4.23. The van der Waals surface area contributed by atoms with Gasteiger partial charge >= 0.3 is 0 Å². The number of hydrogen-bond acceptors (Lipinski definition) is 5. The molecule has 2 N–H and O–H groups in total. The van der Waals surface area contributed by atoms with Gasteiger partial charge in [-0.3, -0.25) is 4.79 Å². The average molecular weight is 450 g/mol. The lowest BCUT2D eigenvalue weighted by molar-refractivity contribution is 0.602. The molecule has 0 spiro atoms. The SMILES string of the molecule is CS(=O)(=O)c1ccc(-c2cnn(-c3cccc(CN)c3)c(=O)c2-c2ccc(F)cc2)cc1. The van der Waals surface area contributed by atoms with Crippen molar-refractivity contribution in [1.82, 2.24) is 9.78 Å². The van der Waals surface area contributed by atoms with Gasteiger partial charge in [0.25, 0.3) is 5.56 Å². The zero-order valence-electron chi connectivity index (χ0n) is 17.2. The van der Waals surface area contributed by atoms with Crippen LogP contribution in [0, 0.1) is 5.82 Å². The standard InChI is InChI=1S/C24H20FN3O3S/c1-32(30,31)21-11-7-17(8-12-21)22-15-27-28(20-4-2-3-16(13-20)14-26)24(29)23(22)18-5-9-19(25)10-6-18/h2-13,15H,14,26H2,1H3. The summed E-state index contributed by atoms with van der Waals surface area (Å²) in [4.78, 5) is 13.7. The summed E-state index contributed by atoms with van der Waals surface area (Å²) in [5, 5.41) is 4.35. The van der Waals surface area contributed by atoms with Crippen LogP contribution in [0.2, 0.25) is 0 Å². The van der Waals surface area contributed by atoms with Crippen LogP contribution in [0.1, 0.15) is 5.56 Å². The van der Waals surface area contributed by atoms with Crippen molar-refractivity contribution in [1.29, 1.82) is 0 Å². The van der Waals surface area contributed by atoms with E-state index in [9.17, 15) is 17.6 Å². The summed E-state index contributed by atoms with van der Waals surface area (Å²) in [7, 11) is -3.36. The van der Waals surface area contributed by atoms with Gasteiger partial charge in [-0.15, -0.1) is 0 Å². The van der Waals surface area contributed by atoms with Gasteiger partial charge in [0.1, 0.15) is 5.82 Å². The van der Waals surface area contributed by atoms with Crippen molar-refractivity contribution in [2.45, 2.75) is 11.4 Å². The van der Waals surface area contributed by atoms with E-state index in [0.717, 1.165) is 11.8 Å². The van der Waals surface area contributed by atoms with Crippen LogP contribution in [0.4, 0.5) is 4.39 Å². The van der Waals surface area contributed by atoms with Gasteiger partial charge in [0.15, 0.2) is 9.84 Å². The first-order chi connectivity index (χ1) is 15.3. The Kier molecular flexibility index (Phi) is 5.73. The molecule has 0 amide bonds. The molecule has 0 bridgehead atoms. The summed E-state index contributed by atoms with van der Waals surface area (Å²) in [5.74, 6) is -0.419. The summed E-state index contributed by atoms with van der Waals surface area (Å²) in [6, 6.07) is 19.0. The quantitative estimate of drug-likeness (QED) is 0.503. The minimum atomic E-state index is -3.36. The first-order valence-electron chi connectivity index (χ1n) is 9.76. The van der Waals surface area contributed by atoms with Crippen LogP contribution in [-0.4, -0.2) is 24.5 Å². The molecule has 162 valence electrons. The number of aromatic nitrogens is 2. The lowest BCUT2D eigenvalue weighted by Gasteiger charge is -2.13. The van der Waals surface area contributed by atoms with Crippen LogP contribution in [0.5, 0.6) is 0 Å². The number of nitrogens with two attached hydrogens (primary N) is 1. The molecule has 0 radical (unpaired) electrons. The Morgan fingerprint density at radius 3 is 2.25 bits per heavy atom. The van der Waals surface area contributed by atoms with Crippen molar-refractivity contribution in [2.75, 3.05) is 6.26 Å². The summed E-state index contributed by atoms with van der Waals surface area (Å²) in [5.41, 5.74) is 8.70. The smallest absolute Gasteiger partial charge is 0.279 e.